The highest BCUT2D eigenvalue weighted by Gasteiger charge is 2.20. The summed E-state index contributed by atoms with van der Waals surface area (Å²) in [6, 6.07) is 0. The van der Waals surface area contributed by atoms with Gasteiger partial charge in [-0.05, 0) is 31.8 Å². The van der Waals surface area contributed by atoms with Gasteiger partial charge in [0, 0.05) is 13.6 Å². The minimum atomic E-state index is -0.0284. The molecule has 0 spiro atoms. The van der Waals surface area contributed by atoms with E-state index in [1.807, 2.05) is 7.05 Å². The summed E-state index contributed by atoms with van der Waals surface area (Å²) in [6.45, 7) is 2.90. The number of piperidine rings is 1. The van der Waals surface area contributed by atoms with Crippen LogP contribution in [0.25, 0.3) is 0 Å². The Morgan fingerprint density at radius 1 is 1.75 bits per heavy atom. The molecular weight excluding hydrogens is 224 g/mol. The number of carbonyl (C=O) groups excluding carboxylic acids is 1. The standard InChI is InChI=1S/C10H16N4OS/c1-14(7-8-3-2-4-11-5-8)10(15)9-6-12-16-13-9/h6,8,11H,2-5,7H2,1H3. The van der Waals surface area contributed by atoms with Gasteiger partial charge in [-0.3, -0.25) is 4.79 Å². The molecule has 0 aromatic carbocycles. The third-order valence-electron chi connectivity index (χ3n) is 2.86. The average Bonchev–Trinajstić information content (AvgIpc) is 2.83. The van der Waals surface area contributed by atoms with Crippen LogP contribution < -0.4 is 5.32 Å². The second kappa shape index (κ2) is 5.36. The fraction of sp³-hybridized carbons (Fsp3) is 0.700. The molecule has 6 heteroatoms. The molecule has 0 aliphatic carbocycles. The lowest BCUT2D eigenvalue weighted by atomic mass is 9.99. The maximum Gasteiger partial charge on any atom is 0.274 e. The molecule has 0 radical (unpaired) electrons. The Kier molecular flexibility index (Phi) is 3.84. The van der Waals surface area contributed by atoms with Gasteiger partial charge in [-0.25, -0.2) is 0 Å². The number of amides is 1. The molecule has 2 rings (SSSR count). The Labute approximate surface area is 99.2 Å². The van der Waals surface area contributed by atoms with E-state index in [1.165, 1.54) is 19.0 Å². The van der Waals surface area contributed by atoms with Gasteiger partial charge in [0.1, 0.15) is 0 Å². The summed E-state index contributed by atoms with van der Waals surface area (Å²) in [5.74, 6) is 0.536. The number of nitrogens with one attached hydrogen (secondary N) is 1. The topological polar surface area (TPSA) is 58.1 Å². The van der Waals surface area contributed by atoms with Crippen LogP contribution in [0, 0.1) is 5.92 Å². The third-order valence-corrected chi connectivity index (χ3v) is 3.34. The van der Waals surface area contributed by atoms with Gasteiger partial charge in [0.2, 0.25) is 0 Å². The van der Waals surface area contributed by atoms with E-state index < -0.39 is 0 Å². The van der Waals surface area contributed by atoms with Crippen LogP contribution in [-0.2, 0) is 0 Å². The van der Waals surface area contributed by atoms with Crippen molar-refractivity contribution in [3.8, 4) is 0 Å². The first-order valence-corrected chi connectivity index (χ1v) is 6.24. The smallest absolute Gasteiger partial charge is 0.274 e. The van der Waals surface area contributed by atoms with Crippen LogP contribution in [0.1, 0.15) is 23.3 Å². The van der Waals surface area contributed by atoms with Gasteiger partial charge in [0.05, 0.1) is 17.9 Å². The molecule has 1 fully saturated rings. The van der Waals surface area contributed by atoms with Gasteiger partial charge in [0.25, 0.3) is 5.91 Å². The van der Waals surface area contributed by atoms with Gasteiger partial charge in [-0.1, -0.05) is 0 Å². The van der Waals surface area contributed by atoms with Gasteiger partial charge in [0.15, 0.2) is 5.69 Å². The summed E-state index contributed by atoms with van der Waals surface area (Å²) in [7, 11) is 1.83. The Bertz CT molecular complexity index is 335. The largest absolute Gasteiger partial charge is 0.340 e. The number of rotatable bonds is 3. The second-order valence-electron chi connectivity index (χ2n) is 4.19. The van der Waals surface area contributed by atoms with E-state index in [-0.39, 0.29) is 5.91 Å². The Hall–Kier alpha value is -1.01. The zero-order chi connectivity index (χ0) is 11.4. The monoisotopic (exact) mass is 240 g/mol. The predicted octanol–water partition coefficient (Wildman–Crippen LogP) is 0.610. The summed E-state index contributed by atoms with van der Waals surface area (Å²) in [5.41, 5.74) is 0.455. The van der Waals surface area contributed by atoms with Gasteiger partial charge >= 0.3 is 0 Å². The van der Waals surface area contributed by atoms with Crippen molar-refractivity contribution in [2.45, 2.75) is 12.8 Å². The first-order chi connectivity index (χ1) is 7.77. The molecule has 0 bridgehead atoms. The normalized spacial score (nSPS) is 20.7. The first-order valence-electron chi connectivity index (χ1n) is 5.51. The summed E-state index contributed by atoms with van der Waals surface area (Å²) >= 11 is 1.07. The van der Waals surface area contributed by atoms with Crippen molar-refractivity contribution in [3.63, 3.8) is 0 Å². The van der Waals surface area contributed by atoms with Crippen LogP contribution in [0.3, 0.4) is 0 Å². The van der Waals surface area contributed by atoms with Crippen molar-refractivity contribution < 1.29 is 4.79 Å². The molecule has 1 aromatic rings. The molecule has 1 aromatic heterocycles. The number of hydrogen-bond acceptors (Lipinski definition) is 5. The van der Waals surface area contributed by atoms with Crippen LogP contribution in [0.2, 0.25) is 0 Å². The average molecular weight is 240 g/mol. The minimum absolute atomic E-state index is 0.0284. The van der Waals surface area contributed by atoms with Crippen molar-refractivity contribution in [2.75, 3.05) is 26.7 Å². The highest BCUT2D eigenvalue weighted by molar-refractivity contribution is 6.99. The number of nitrogens with zero attached hydrogens (tertiary/aromatic N) is 3. The summed E-state index contributed by atoms with van der Waals surface area (Å²) in [6.07, 6.45) is 3.92. The maximum atomic E-state index is 11.9. The van der Waals surface area contributed by atoms with E-state index in [0.29, 0.717) is 11.6 Å². The fourth-order valence-corrected chi connectivity index (χ4v) is 2.41. The van der Waals surface area contributed by atoms with E-state index >= 15 is 0 Å². The molecule has 1 aliphatic rings. The first kappa shape index (κ1) is 11.5. The third kappa shape index (κ3) is 2.76. The number of aromatic nitrogens is 2. The molecule has 16 heavy (non-hydrogen) atoms. The lowest BCUT2D eigenvalue weighted by molar-refractivity contribution is 0.0760. The molecule has 1 N–H and O–H groups in total. The van der Waals surface area contributed by atoms with Crippen LogP contribution >= 0.6 is 11.7 Å². The Morgan fingerprint density at radius 3 is 3.25 bits per heavy atom. The highest BCUT2D eigenvalue weighted by atomic mass is 32.1. The molecule has 2 heterocycles. The van der Waals surface area contributed by atoms with Gasteiger partial charge in [-0.2, -0.15) is 8.75 Å². The highest BCUT2D eigenvalue weighted by Crippen LogP contribution is 2.12. The van der Waals surface area contributed by atoms with Crippen molar-refractivity contribution in [1.29, 1.82) is 0 Å². The number of carbonyl (C=O) groups is 1. The Morgan fingerprint density at radius 2 is 2.62 bits per heavy atom. The maximum absolute atomic E-state index is 11.9. The molecular formula is C10H16N4OS. The molecule has 1 atom stereocenters. The lowest BCUT2D eigenvalue weighted by Gasteiger charge is -2.27. The molecule has 0 saturated carbocycles. The van der Waals surface area contributed by atoms with Crippen LogP contribution in [0.5, 0.6) is 0 Å². The lowest BCUT2D eigenvalue weighted by Crippen LogP contribution is -2.39. The van der Waals surface area contributed by atoms with Gasteiger partial charge in [-0.15, -0.1) is 0 Å². The predicted molar refractivity (Wildman–Crippen MR) is 62.5 cm³/mol. The molecule has 1 unspecified atom stereocenters. The van der Waals surface area contributed by atoms with Crippen molar-refractivity contribution in [2.24, 2.45) is 5.92 Å². The van der Waals surface area contributed by atoms with E-state index in [4.69, 9.17) is 0 Å². The van der Waals surface area contributed by atoms with Gasteiger partial charge < -0.3 is 10.2 Å². The quantitative estimate of drug-likeness (QED) is 0.841. The zero-order valence-electron chi connectivity index (χ0n) is 9.35. The van der Waals surface area contributed by atoms with Crippen molar-refractivity contribution in [1.82, 2.24) is 19.0 Å². The molecule has 1 saturated heterocycles. The zero-order valence-corrected chi connectivity index (χ0v) is 10.2. The second-order valence-corrected chi connectivity index (χ2v) is 4.75. The Balaban J connectivity index is 1.87. The summed E-state index contributed by atoms with van der Waals surface area (Å²) in [5, 5.41) is 3.35. The van der Waals surface area contributed by atoms with E-state index in [9.17, 15) is 4.79 Å². The summed E-state index contributed by atoms with van der Waals surface area (Å²) in [4.78, 5) is 13.6. The number of hydrogen-bond donors (Lipinski definition) is 1. The molecule has 5 nitrogen and oxygen atoms in total. The van der Waals surface area contributed by atoms with E-state index in [1.54, 1.807) is 4.90 Å². The minimum Gasteiger partial charge on any atom is -0.340 e. The van der Waals surface area contributed by atoms with Crippen LogP contribution in [0.15, 0.2) is 6.20 Å². The molecule has 1 amide bonds. The van der Waals surface area contributed by atoms with Crippen molar-refractivity contribution in [3.05, 3.63) is 11.9 Å². The fourth-order valence-electron chi connectivity index (χ4n) is 2.00. The summed E-state index contributed by atoms with van der Waals surface area (Å²) < 4.78 is 7.80. The van der Waals surface area contributed by atoms with Crippen LogP contribution in [0.4, 0.5) is 0 Å². The molecule has 88 valence electrons. The SMILES string of the molecule is CN(CC1CCCNC1)C(=O)c1cnsn1. The molecule has 1 aliphatic heterocycles. The van der Waals surface area contributed by atoms with E-state index in [2.05, 4.69) is 14.1 Å². The van der Waals surface area contributed by atoms with Crippen LogP contribution in [-0.4, -0.2) is 46.2 Å². The van der Waals surface area contributed by atoms with E-state index in [0.717, 1.165) is 31.4 Å². The van der Waals surface area contributed by atoms with Crippen molar-refractivity contribution >= 4 is 17.6 Å².